The highest BCUT2D eigenvalue weighted by Gasteiger charge is 2.26. The summed E-state index contributed by atoms with van der Waals surface area (Å²) >= 11 is 4.57. The highest BCUT2D eigenvalue weighted by atomic mass is 32.1. The number of oxazole rings is 1. The van der Waals surface area contributed by atoms with Gasteiger partial charge in [-0.15, -0.1) is 12.6 Å². The average Bonchev–Trinajstić information content (AvgIpc) is 3.22. The normalized spacial score (nSPS) is 11.8. The number of hydrogen-bond donors (Lipinski definition) is 3. The van der Waals surface area contributed by atoms with Crippen LogP contribution in [-0.4, -0.2) is 16.0 Å². The smallest absolute Gasteiger partial charge is 0.234 e. The van der Waals surface area contributed by atoms with Crippen LogP contribution in [0.4, 0.5) is 5.88 Å². The number of nitrogens with one attached hydrogen (secondary N) is 1. The van der Waals surface area contributed by atoms with E-state index in [9.17, 15) is 9.90 Å². The summed E-state index contributed by atoms with van der Waals surface area (Å²) in [5.74, 6) is -0.00697. The number of aromatic hydroxyl groups is 1. The fourth-order valence-electron chi connectivity index (χ4n) is 3.83. The zero-order valence-corrected chi connectivity index (χ0v) is 19.5. The van der Waals surface area contributed by atoms with Gasteiger partial charge < -0.3 is 9.52 Å². The van der Waals surface area contributed by atoms with Gasteiger partial charge in [-0.05, 0) is 43.2 Å². The fraction of sp³-hybridized carbons (Fsp3) is 0.185. The van der Waals surface area contributed by atoms with Gasteiger partial charge in [-0.25, -0.2) is 4.98 Å². The number of amides is 1. The molecule has 33 heavy (non-hydrogen) atoms. The van der Waals surface area contributed by atoms with Crippen molar-refractivity contribution in [3.05, 3.63) is 83.9 Å². The number of anilines is 1. The van der Waals surface area contributed by atoms with Gasteiger partial charge in [0.2, 0.25) is 17.7 Å². The summed E-state index contributed by atoms with van der Waals surface area (Å²) < 4.78 is 6.05. The number of aromatic nitrogens is 1. The van der Waals surface area contributed by atoms with Gasteiger partial charge in [0.25, 0.3) is 0 Å². The standard InChI is InChI=1S/C27H26N2O3S/c1-3-9-20(19-15-14-17(2)16-22(19)30)25(31)29-27-24(21-12-7-8-13-23(21)33)28-26(32-27)18-10-5-4-6-11-18/h4-8,10-16,20,30,33H,3,9H2,1-2H3,(H,29,31). The molecule has 0 fully saturated rings. The number of carbonyl (C=O) groups is 1. The summed E-state index contributed by atoms with van der Waals surface area (Å²) in [5.41, 5.74) is 3.60. The number of phenolic OH excluding ortho intramolecular Hbond substituents is 1. The summed E-state index contributed by atoms with van der Waals surface area (Å²) in [6, 6.07) is 22.4. The molecular formula is C27H26N2O3S. The fourth-order valence-corrected chi connectivity index (χ4v) is 4.10. The lowest BCUT2D eigenvalue weighted by atomic mass is 9.92. The van der Waals surface area contributed by atoms with Gasteiger partial charge in [0, 0.05) is 21.6 Å². The van der Waals surface area contributed by atoms with Gasteiger partial charge >= 0.3 is 0 Å². The Morgan fingerprint density at radius 1 is 1.09 bits per heavy atom. The maximum atomic E-state index is 13.4. The van der Waals surface area contributed by atoms with Gasteiger partial charge in [-0.3, -0.25) is 10.1 Å². The van der Waals surface area contributed by atoms with Gasteiger partial charge in [0.15, 0.2) is 0 Å². The third-order valence-electron chi connectivity index (χ3n) is 5.50. The third-order valence-corrected chi connectivity index (χ3v) is 5.89. The summed E-state index contributed by atoms with van der Waals surface area (Å²) in [7, 11) is 0. The minimum Gasteiger partial charge on any atom is -0.508 e. The lowest BCUT2D eigenvalue weighted by Crippen LogP contribution is -2.21. The van der Waals surface area contributed by atoms with Crippen molar-refractivity contribution < 1.29 is 14.3 Å². The van der Waals surface area contributed by atoms with Crippen LogP contribution in [0.2, 0.25) is 0 Å². The van der Waals surface area contributed by atoms with Crippen molar-refractivity contribution in [3.63, 3.8) is 0 Å². The Kier molecular flexibility index (Phi) is 6.84. The largest absolute Gasteiger partial charge is 0.508 e. The van der Waals surface area contributed by atoms with E-state index in [1.807, 2.05) is 80.6 Å². The Bertz CT molecular complexity index is 1270. The second-order valence-corrected chi connectivity index (χ2v) is 8.45. The van der Waals surface area contributed by atoms with Crippen LogP contribution < -0.4 is 5.32 Å². The first-order valence-corrected chi connectivity index (χ1v) is 11.4. The summed E-state index contributed by atoms with van der Waals surface area (Å²) in [4.78, 5) is 18.8. The van der Waals surface area contributed by atoms with Crippen LogP contribution in [0.3, 0.4) is 0 Å². The molecule has 0 aliphatic carbocycles. The topological polar surface area (TPSA) is 75.4 Å². The zero-order chi connectivity index (χ0) is 23.4. The maximum Gasteiger partial charge on any atom is 0.234 e. The Balaban J connectivity index is 1.74. The summed E-state index contributed by atoms with van der Waals surface area (Å²) in [5, 5.41) is 13.4. The zero-order valence-electron chi connectivity index (χ0n) is 18.6. The second-order valence-electron chi connectivity index (χ2n) is 7.97. The quantitative estimate of drug-likeness (QED) is 0.265. The molecule has 1 atom stereocenters. The predicted octanol–water partition coefficient (Wildman–Crippen LogP) is 6.83. The van der Waals surface area contributed by atoms with Crippen LogP contribution in [-0.2, 0) is 4.79 Å². The molecule has 0 saturated carbocycles. The lowest BCUT2D eigenvalue weighted by molar-refractivity contribution is -0.117. The molecule has 0 aliphatic rings. The molecule has 3 aromatic carbocycles. The molecule has 0 aliphatic heterocycles. The van der Waals surface area contributed by atoms with Crippen molar-refractivity contribution >= 4 is 24.4 Å². The average molecular weight is 459 g/mol. The number of thiol groups is 1. The molecule has 0 spiro atoms. The van der Waals surface area contributed by atoms with Crippen LogP contribution in [0.1, 0.15) is 36.8 Å². The van der Waals surface area contributed by atoms with Crippen LogP contribution >= 0.6 is 12.6 Å². The number of benzene rings is 3. The van der Waals surface area contributed by atoms with E-state index < -0.39 is 5.92 Å². The van der Waals surface area contributed by atoms with Crippen LogP contribution in [0.15, 0.2) is 82.1 Å². The Labute approximate surface area is 198 Å². The molecule has 0 radical (unpaired) electrons. The van der Waals surface area contributed by atoms with E-state index in [0.717, 1.165) is 28.0 Å². The van der Waals surface area contributed by atoms with Crippen molar-refractivity contribution in [1.82, 2.24) is 4.98 Å². The van der Waals surface area contributed by atoms with Crippen LogP contribution in [0.5, 0.6) is 5.75 Å². The maximum absolute atomic E-state index is 13.4. The summed E-state index contributed by atoms with van der Waals surface area (Å²) in [6.45, 7) is 3.91. The van der Waals surface area contributed by atoms with E-state index in [0.29, 0.717) is 23.6 Å². The number of rotatable bonds is 7. The molecule has 4 aromatic rings. The van der Waals surface area contributed by atoms with E-state index in [2.05, 4.69) is 17.9 Å². The predicted molar refractivity (Wildman–Crippen MR) is 134 cm³/mol. The molecule has 1 unspecified atom stereocenters. The molecule has 0 bridgehead atoms. The molecule has 168 valence electrons. The number of nitrogens with zero attached hydrogens (tertiary/aromatic N) is 1. The Morgan fingerprint density at radius 3 is 2.52 bits per heavy atom. The first-order chi connectivity index (χ1) is 16.0. The first-order valence-electron chi connectivity index (χ1n) is 10.9. The first kappa shape index (κ1) is 22.7. The van der Waals surface area contributed by atoms with E-state index in [-0.39, 0.29) is 17.5 Å². The molecule has 4 rings (SSSR count). The molecule has 1 amide bonds. The molecule has 2 N–H and O–H groups in total. The number of carbonyl (C=O) groups excluding carboxylic acids is 1. The molecule has 5 nitrogen and oxygen atoms in total. The second kappa shape index (κ2) is 9.96. The molecular weight excluding hydrogens is 432 g/mol. The van der Waals surface area contributed by atoms with Crippen molar-refractivity contribution in [3.8, 4) is 28.5 Å². The van der Waals surface area contributed by atoms with Crippen molar-refractivity contribution in [2.24, 2.45) is 0 Å². The molecule has 0 saturated heterocycles. The summed E-state index contributed by atoms with van der Waals surface area (Å²) in [6.07, 6.45) is 1.37. The SMILES string of the molecule is CCCC(C(=O)Nc1oc(-c2ccccc2)nc1-c1ccccc1S)c1ccc(C)cc1O. The number of phenols is 1. The van der Waals surface area contributed by atoms with E-state index >= 15 is 0 Å². The van der Waals surface area contributed by atoms with Gasteiger partial charge in [-0.2, -0.15) is 0 Å². The van der Waals surface area contributed by atoms with Crippen molar-refractivity contribution in [2.75, 3.05) is 5.32 Å². The van der Waals surface area contributed by atoms with E-state index in [1.54, 1.807) is 6.07 Å². The third kappa shape index (κ3) is 4.96. The van der Waals surface area contributed by atoms with Crippen LogP contribution in [0.25, 0.3) is 22.7 Å². The number of hydrogen-bond acceptors (Lipinski definition) is 5. The van der Waals surface area contributed by atoms with Gasteiger partial charge in [0.05, 0.1) is 5.92 Å². The number of aryl methyl sites for hydroxylation is 1. The van der Waals surface area contributed by atoms with Gasteiger partial charge in [0.1, 0.15) is 11.4 Å². The highest BCUT2D eigenvalue weighted by Crippen LogP contribution is 2.37. The molecule has 1 heterocycles. The molecule has 6 heteroatoms. The highest BCUT2D eigenvalue weighted by molar-refractivity contribution is 7.80. The minimum atomic E-state index is -0.528. The van der Waals surface area contributed by atoms with Crippen molar-refractivity contribution in [2.45, 2.75) is 37.5 Å². The molecule has 1 aromatic heterocycles. The van der Waals surface area contributed by atoms with Crippen molar-refractivity contribution in [1.29, 1.82) is 0 Å². The lowest BCUT2D eigenvalue weighted by Gasteiger charge is -2.17. The van der Waals surface area contributed by atoms with E-state index in [4.69, 9.17) is 9.40 Å². The Morgan fingerprint density at radius 2 is 1.82 bits per heavy atom. The Hall–Kier alpha value is -3.51. The minimum absolute atomic E-state index is 0.118. The van der Waals surface area contributed by atoms with Gasteiger partial charge in [-0.1, -0.05) is 61.9 Å². The monoisotopic (exact) mass is 458 g/mol. The van der Waals surface area contributed by atoms with Crippen LogP contribution in [0, 0.1) is 6.92 Å². The van der Waals surface area contributed by atoms with E-state index in [1.165, 1.54) is 0 Å².